The molecule has 3 heterocycles. The third-order valence-corrected chi connectivity index (χ3v) is 6.12. The zero-order valence-corrected chi connectivity index (χ0v) is 18.6. The standard InChI is InChI=1S/C21H19ClN4O4S/c1-11-8-18(25-30-11)23-19(27)13(3)29-21(28)17-9-15-12(2)24-26(20(15)31-17)10-14-6-4-5-7-16(14)22/h4-9,13H,10H2,1-3H3,(H,23,25,27). The van der Waals surface area contributed by atoms with Gasteiger partial charge in [0.1, 0.15) is 15.5 Å². The van der Waals surface area contributed by atoms with Gasteiger partial charge in [-0.3, -0.25) is 9.48 Å². The number of nitrogens with zero attached hydrogens (tertiary/aromatic N) is 3. The first-order valence-corrected chi connectivity index (χ1v) is 10.7. The molecule has 4 rings (SSSR count). The number of hydrogen-bond donors (Lipinski definition) is 1. The van der Waals surface area contributed by atoms with Crippen molar-refractivity contribution in [1.29, 1.82) is 0 Å². The van der Waals surface area contributed by atoms with Crippen LogP contribution in [0.1, 0.15) is 33.6 Å². The number of halogens is 1. The quantitative estimate of drug-likeness (QED) is 0.424. The highest BCUT2D eigenvalue weighted by atomic mass is 35.5. The highest BCUT2D eigenvalue weighted by Crippen LogP contribution is 2.30. The zero-order valence-electron chi connectivity index (χ0n) is 17.0. The van der Waals surface area contributed by atoms with E-state index in [9.17, 15) is 9.59 Å². The summed E-state index contributed by atoms with van der Waals surface area (Å²) in [6.07, 6.45) is -1.00. The van der Waals surface area contributed by atoms with E-state index in [4.69, 9.17) is 20.9 Å². The summed E-state index contributed by atoms with van der Waals surface area (Å²) >= 11 is 7.54. The molecule has 8 nitrogen and oxygen atoms in total. The molecule has 0 saturated heterocycles. The SMILES string of the molecule is Cc1cc(NC(=O)C(C)OC(=O)c2cc3c(C)nn(Cc4ccccc4Cl)c3s2)no1. The predicted molar refractivity (Wildman–Crippen MR) is 118 cm³/mol. The van der Waals surface area contributed by atoms with Crippen molar-refractivity contribution in [3.05, 3.63) is 63.3 Å². The molecule has 0 spiro atoms. The minimum atomic E-state index is -1.00. The fraction of sp³-hybridized carbons (Fsp3) is 0.238. The number of carbonyl (C=O) groups excluding carboxylic acids is 2. The Hall–Kier alpha value is -3.17. The fourth-order valence-corrected chi connectivity index (χ4v) is 4.27. The highest BCUT2D eigenvalue weighted by molar-refractivity contribution is 7.20. The molecule has 0 fully saturated rings. The Bertz CT molecular complexity index is 1280. The van der Waals surface area contributed by atoms with Gasteiger partial charge in [-0.15, -0.1) is 11.3 Å². The lowest BCUT2D eigenvalue weighted by Crippen LogP contribution is -2.29. The number of nitrogens with one attached hydrogen (secondary N) is 1. The van der Waals surface area contributed by atoms with Gasteiger partial charge in [0.15, 0.2) is 11.9 Å². The van der Waals surface area contributed by atoms with Gasteiger partial charge < -0.3 is 14.6 Å². The first-order chi connectivity index (χ1) is 14.8. The van der Waals surface area contributed by atoms with E-state index in [-0.39, 0.29) is 5.82 Å². The molecule has 0 saturated carbocycles. The van der Waals surface area contributed by atoms with Gasteiger partial charge in [-0.2, -0.15) is 5.10 Å². The molecular weight excluding hydrogens is 440 g/mol. The van der Waals surface area contributed by atoms with Crippen LogP contribution in [0, 0.1) is 13.8 Å². The Morgan fingerprint density at radius 2 is 2.06 bits per heavy atom. The van der Waals surface area contributed by atoms with E-state index in [2.05, 4.69) is 15.6 Å². The van der Waals surface area contributed by atoms with E-state index in [1.165, 1.54) is 18.3 Å². The molecule has 10 heteroatoms. The van der Waals surface area contributed by atoms with E-state index < -0.39 is 18.0 Å². The van der Waals surface area contributed by atoms with Gasteiger partial charge in [-0.05, 0) is 38.5 Å². The Balaban J connectivity index is 1.49. The minimum absolute atomic E-state index is 0.266. The van der Waals surface area contributed by atoms with Crippen LogP contribution < -0.4 is 5.32 Å². The fourth-order valence-electron chi connectivity index (χ4n) is 3.03. The van der Waals surface area contributed by atoms with Gasteiger partial charge >= 0.3 is 5.97 Å². The number of aromatic nitrogens is 3. The summed E-state index contributed by atoms with van der Waals surface area (Å²) in [6.45, 7) is 5.57. The van der Waals surface area contributed by atoms with E-state index in [0.717, 1.165) is 21.5 Å². The van der Waals surface area contributed by atoms with Crippen LogP contribution >= 0.6 is 22.9 Å². The molecule has 3 aromatic heterocycles. The second-order valence-electron chi connectivity index (χ2n) is 7.02. The van der Waals surface area contributed by atoms with Crippen LogP contribution in [-0.2, 0) is 16.1 Å². The monoisotopic (exact) mass is 458 g/mol. The van der Waals surface area contributed by atoms with Crippen molar-refractivity contribution in [2.75, 3.05) is 5.32 Å². The van der Waals surface area contributed by atoms with Crippen molar-refractivity contribution in [3.63, 3.8) is 0 Å². The number of anilines is 1. The number of carbonyl (C=O) groups is 2. The van der Waals surface area contributed by atoms with Crippen LogP contribution in [0.3, 0.4) is 0 Å². The van der Waals surface area contributed by atoms with Crippen LogP contribution in [0.2, 0.25) is 5.02 Å². The maximum atomic E-state index is 12.6. The van der Waals surface area contributed by atoms with E-state index >= 15 is 0 Å². The Kier molecular flexibility index (Phi) is 5.79. The molecule has 1 aromatic carbocycles. The van der Waals surface area contributed by atoms with Crippen molar-refractivity contribution in [1.82, 2.24) is 14.9 Å². The lowest BCUT2D eigenvalue weighted by Gasteiger charge is -2.11. The van der Waals surface area contributed by atoms with Crippen LogP contribution in [0.25, 0.3) is 10.2 Å². The Labute approximate surface area is 186 Å². The zero-order chi connectivity index (χ0) is 22.1. The van der Waals surface area contributed by atoms with Crippen molar-refractivity contribution in [2.45, 2.75) is 33.4 Å². The molecule has 4 aromatic rings. The predicted octanol–water partition coefficient (Wildman–Crippen LogP) is 4.59. The lowest BCUT2D eigenvalue weighted by atomic mass is 10.2. The molecular formula is C21H19ClN4O4S. The number of benzene rings is 1. The number of amides is 1. The highest BCUT2D eigenvalue weighted by Gasteiger charge is 2.23. The summed E-state index contributed by atoms with van der Waals surface area (Å²) in [5, 5.41) is 12.3. The first-order valence-electron chi connectivity index (χ1n) is 9.47. The van der Waals surface area contributed by atoms with E-state index in [1.807, 2.05) is 35.9 Å². The summed E-state index contributed by atoms with van der Waals surface area (Å²) in [4.78, 5) is 26.1. The van der Waals surface area contributed by atoms with Gasteiger partial charge in [0, 0.05) is 16.5 Å². The maximum Gasteiger partial charge on any atom is 0.349 e. The Morgan fingerprint density at radius 1 is 1.29 bits per heavy atom. The maximum absolute atomic E-state index is 12.6. The lowest BCUT2D eigenvalue weighted by molar-refractivity contribution is -0.123. The second-order valence-corrected chi connectivity index (χ2v) is 8.46. The number of aryl methyl sites for hydroxylation is 2. The molecule has 0 aliphatic heterocycles. The number of thiophene rings is 1. The average molecular weight is 459 g/mol. The van der Waals surface area contributed by atoms with Crippen LogP contribution in [-0.4, -0.2) is 32.9 Å². The smallest absolute Gasteiger partial charge is 0.349 e. The molecule has 0 aliphatic rings. The van der Waals surface area contributed by atoms with Gasteiger partial charge in [-0.1, -0.05) is 35.0 Å². The summed E-state index contributed by atoms with van der Waals surface area (Å²) in [5.41, 5.74) is 1.73. The molecule has 0 bridgehead atoms. The Morgan fingerprint density at radius 3 is 2.77 bits per heavy atom. The summed E-state index contributed by atoms with van der Waals surface area (Å²) < 4.78 is 12.1. The third kappa shape index (κ3) is 4.47. The molecule has 1 atom stereocenters. The van der Waals surface area contributed by atoms with Gasteiger partial charge in [-0.25, -0.2) is 4.79 Å². The van der Waals surface area contributed by atoms with Gasteiger partial charge in [0.25, 0.3) is 5.91 Å². The van der Waals surface area contributed by atoms with Crippen LogP contribution in [0.5, 0.6) is 0 Å². The third-order valence-electron chi connectivity index (χ3n) is 4.62. The topological polar surface area (TPSA) is 99.2 Å². The molecule has 160 valence electrons. The minimum Gasteiger partial charge on any atom is -0.448 e. The van der Waals surface area contributed by atoms with E-state index in [1.54, 1.807) is 19.1 Å². The molecule has 1 unspecified atom stereocenters. The molecule has 31 heavy (non-hydrogen) atoms. The van der Waals surface area contributed by atoms with Crippen molar-refractivity contribution < 1.29 is 18.8 Å². The molecule has 0 aliphatic carbocycles. The number of esters is 1. The van der Waals surface area contributed by atoms with Gasteiger partial charge in [0.2, 0.25) is 0 Å². The summed E-state index contributed by atoms with van der Waals surface area (Å²) in [5.74, 6) is -0.248. The molecule has 1 N–H and O–H groups in total. The second kappa shape index (κ2) is 8.52. The normalized spacial score (nSPS) is 12.1. The van der Waals surface area contributed by atoms with Crippen LogP contribution in [0.15, 0.2) is 40.9 Å². The summed E-state index contributed by atoms with van der Waals surface area (Å²) in [6, 6.07) is 10.9. The number of hydrogen-bond acceptors (Lipinski definition) is 7. The average Bonchev–Trinajstić information content (AvgIpc) is 3.41. The summed E-state index contributed by atoms with van der Waals surface area (Å²) in [7, 11) is 0. The van der Waals surface area contributed by atoms with E-state index in [0.29, 0.717) is 22.2 Å². The number of fused-ring (bicyclic) bond motifs is 1. The molecule has 1 amide bonds. The first kappa shape index (κ1) is 21.1. The van der Waals surface area contributed by atoms with Crippen molar-refractivity contribution >= 4 is 50.8 Å². The largest absolute Gasteiger partial charge is 0.448 e. The van der Waals surface area contributed by atoms with Crippen molar-refractivity contribution in [3.8, 4) is 0 Å². The van der Waals surface area contributed by atoms with Gasteiger partial charge in [0.05, 0.1) is 12.2 Å². The van der Waals surface area contributed by atoms with Crippen LogP contribution in [0.4, 0.5) is 5.82 Å². The molecule has 0 radical (unpaired) electrons. The number of rotatable bonds is 6. The number of ether oxygens (including phenoxy) is 1. The van der Waals surface area contributed by atoms with Crippen molar-refractivity contribution in [2.24, 2.45) is 0 Å².